The Balaban J connectivity index is 3.81. The third-order valence-corrected chi connectivity index (χ3v) is 6.39. The number of hydrogen-bond acceptors (Lipinski definition) is 2. The molecule has 0 spiro atoms. The average Bonchev–Trinajstić information content (AvgIpc) is 2.68. The third kappa shape index (κ3) is 12.9. The molecule has 0 aliphatic rings. The van der Waals surface area contributed by atoms with Crippen LogP contribution < -0.4 is 0 Å². The average molecular weight is 405 g/mol. The lowest BCUT2D eigenvalue weighted by Gasteiger charge is -2.36. The van der Waals surface area contributed by atoms with Crippen LogP contribution in [0.3, 0.4) is 0 Å². The van der Waals surface area contributed by atoms with Crippen LogP contribution in [0.5, 0.6) is 0 Å². The first-order valence-corrected chi connectivity index (χ1v) is 12.2. The SMILES string of the molecule is CCCCCCCCC=CC(=O)C=CCCCCCCC(C=O)(C(C)C)C(C)C. The molecule has 0 aliphatic heterocycles. The highest BCUT2D eigenvalue weighted by molar-refractivity contribution is 5.99. The molecule has 0 atom stereocenters. The van der Waals surface area contributed by atoms with Gasteiger partial charge in [-0.1, -0.05) is 98.1 Å². The summed E-state index contributed by atoms with van der Waals surface area (Å²) in [5.41, 5.74) is -0.172. The highest BCUT2D eigenvalue weighted by atomic mass is 16.1. The second kappa shape index (κ2) is 17.7. The molecule has 0 radical (unpaired) electrons. The van der Waals surface area contributed by atoms with Crippen molar-refractivity contribution in [3.63, 3.8) is 0 Å². The van der Waals surface area contributed by atoms with E-state index in [-0.39, 0.29) is 11.2 Å². The van der Waals surface area contributed by atoms with Crippen molar-refractivity contribution in [2.45, 2.75) is 118 Å². The molecule has 0 saturated carbocycles. The summed E-state index contributed by atoms with van der Waals surface area (Å²) in [6, 6.07) is 0. The minimum Gasteiger partial charge on any atom is -0.303 e. The highest BCUT2D eigenvalue weighted by Crippen LogP contribution is 2.38. The fourth-order valence-corrected chi connectivity index (χ4v) is 4.12. The maximum Gasteiger partial charge on any atom is 0.177 e. The predicted octanol–water partition coefficient (Wildman–Crippen LogP) is 8.26. The van der Waals surface area contributed by atoms with Gasteiger partial charge in [0.2, 0.25) is 0 Å². The number of rotatable bonds is 19. The lowest BCUT2D eigenvalue weighted by molar-refractivity contribution is -0.122. The molecule has 0 aromatic carbocycles. The maximum atomic E-state index is 11.8. The first kappa shape index (κ1) is 27.8. The standard InChI is InChI=1S/C27H48O2/c1-6-7-8-9-10-11-14-17-20-26(29)21-18-15-12-13-16-19-22-27(23-28,24(2)3)25(4)5/h17-18,20-21,23-25H,6-16,19,22H2,1-5H3. The van der Waals surface area contributed by atoms with Gasteiger partial charge in [0.15, 0.2) is 5.78 Å². The topological polar surface area (TPSA) is 34.1 Å². The van der Waals surface area contributed by atoms with Crippen LogP contribution in [-0.2, 0) is 9.59 Å². The smallest absolute Gasteiger partial charge is 0.177 e. The van der Waals surface area contributed by atoms with Crippen LogP contribution in [0.2, 0.25) is 0 Å². The van der Waals surface area contributed by atoms with Crippen LogP contribution in [0.15, 0.2) is 24.3 Å². The molecule has 0 aromatic heterocycles. The number of allylic oxidation sites excluding steroid dienone is 4. The maximum absolute atomic E-state index is 11.8. The molecule has 168 valence electrons. The zero-order valence-corrected chi connectivity index (χ0v) is 20.1. The van der Waals surface area contributed by atoms with Crippen LogP contribution >= 0.6 is 0 Å². The van der Waals surface area contributed by atoms with Gasteiger partial charge >= 0.3 is 0 Å². The van der Waals surface area contributed by atoms with Gasteiger partial charge in [-0.05, 0) is 56.1 Å². The van der Waals surface area contributed by atoms with Crippen molar-refractivity contribution >= 4 is 12.1 Å². The molecular formula is C27H48O2. The molecular weight excluding hydrogens is 356 g/mol. The second-order valence-electron chi connectivity index (χ2n) is 9.26. The van der Waals surface area contributed by atoms with Gasteiger partial charge in [0, 0.05) is 5.41 Å². The second-order valence-corrected chi connectivity index (χ2v) is 9.26. The first-order valence-electron chi connectivity index (χ1n) is 12.2. The molecule has 2 nitrogen and oxygen atoms in total. The summed E-state index contributed by atoms with van der Waals surface area (Å²) in [4.78, 5) is 23.5. The normalized spacial score (nSPS) is 12.7. The van der Waals surface area contributed by atoms with Crippen LogP contribution in [-0.4, -0.2) is 12.1 Å². The van der Waals surface area contributed by atoms with E-state index in [2.05, 4.69) is 34.6 Å². The molecule has 0 saturated heterocycles. The van der Waals surface area contributed by atoms with Crippen molar-refractivity contribution in [3.8, 4) is 0 Å². The summed E-state index contributed by atoms with van der Waals surface area (Å²) in [5, 5.41) is 0. The van der Waals surface area contributed by atoms with E-state index in [0.29, 0.717) is 11.8 Å². The Morgan fingerprint density at radius 3 is 1.62 bits per heavy atom. The molecule has 0 N–H and O–H groups in total. The molecule has 0 fully saturated rings. The number of unbranched alkanes of at least 4 members (excludes halogenated alkanes) is 10. The summed E-state index contributed by atoms with van der Waals surface area (Å²) in [6.07, 6.45) is 23.9. The van der Waals surface area contributed by atoms with Crippen LogP contribution in [0.4, 0.5) is 0 Å². The number of aldehydes is 1. The van der Waals surface area contributed by atoms with E-state index < -0.39 is 0 Å². The molecule has 2 heteroatoms. The highest BCUT2D eigenvalue weighted by Gasteiger charge is 2.36. The minimum absolute atomic E-state index is 0.112. The van der Waals surface area contributed by atoms with E-state index >= 15 is 0 Å². The molecule has 29 heavy (non-hydrogen) atoms. The van der Waals surface area contributed by atoms with Gasteiger partial charge < -0.3 is 4.79 Å². The molecule has 0 unspecified atom stereocenters. The third-order valence-electron chi connectivity index (χ3n) is 6.39. The van der Waals surface area contributed by atoms with Gasteiger partial charge in [0.1, 0.15) is 6.29 Å². The van der Waals surface area contributed by atoms with Crippen molar-refractivity contribution in [2.75, 3.05) is 0 Å². The predicted molar refractivity (Wildman–Crippen MR) is 127 cm³/mol. The lowest BCUT2D eigenvalue weighted by Crippen LogP contribution is -2.34. The Hall–Kier alpha value is -1.18. The fraction of sp³-hybridized carbons (Fsp3) is 0.778. The van der Waals surface area contributed by atoms with Crippen LogP contribution in [0.25, 0.3) is 0 Å². The summed E-state index contributed by atoms with van der Waals surface area (Å²) in [5.74, 6) is 0.895. The zero-order chi connectivity index (χ0) is 22.0. The number of carbonyl (C=O) groups is 2. The van der Waals surface area contributed by atoms with Crippen molar-refractivity contribution in [1.82, 2.24) is 0 Å². The van der Waals surface area contributed by atoms with E-state index in [1.165, 1.54) is 44.8 Å². The Labute approximate surface area is 181 Å². The largest absolute Gasteiger partial charge is 0.303 e. The van der Waals surface area contributed by atoms with E-state index in [1.54, 1.807) is 12.2 Å². The van der Waals surface area contributed by atoms with Gasteiger partial charge in [0.25, 0.3) is 0 Å². The van der Waals surface area contributed by atoms with Gasteiger partial charge in [0.05, 0.1) is 0 Å². The first-order chi connectivity index (χ1) is 13.9. The Kier molecular flexibility index (Phi) is 16.9. The van der Waals surface area contributed by atoms with Gasteiger partial charge in [-0.15, -0.1) is 0 Å². The zero-order valence-electron chi connectivity index (χ0n) is 20.1. The molecule has 0 aliphatic carbocycles. The van der Waals surface area contributed by atoms with Crippen molar-refractivity contribution in [1.29, 1.82) is 0 Å². The summed E-state index contributed by atoms with van der Waals surface area (Å²) in [6.45, 7) is 10.9. The van der Waals surface area contributed by atoms with E-state index in [1.807, 2.05) is 12.2 Å². The summed E-state index contributed by atoms with van der Waals surface area (Å²) >= 11 is 0. The van der Waals surface area contributed by atoms with Crippen LogP contribution in [0.1, 0.15) is 118 Å². The van der Waals surface area contributed by atoms with Gasteiger partial charge in [-0.2, -0.15) is 0 Å². The van der Waals surface area contributed by atoms with Gasteiger partial charge in [-0.25, -0.2) is 0 Å². The Bertz CT molecular complexity index is 463. The van der Waals surface area contributed by atoms with Crippen molar-refractivity contribution < 1.29 is 9.59 Å². The van der Waals surface area contributed by atoms with Gasteiger partial charge in [-0.3, -0.25) is 4.79 Å². The molecule has 0 heterocycles. The fourth-order valence-electron chi connectivity index (χ4n) is 4.12. The van der Waals surface area contributed by atoms with Crippen molar-refractivity contribution in [3.05, 3.63) is 24.3 Å². The Morgan fingerprint density at radius 1 is 0.724 bits per heavy atom. The number of hydrogen-bond donors (Lipinski definition) is 0. The Morgan fingerprint density at radius 2 is 1.17 bits per heavy atom. The molecule has 0 rings (SSSR count). The lowest BCUT2D eigenvalue weighted by atomic mass is 9.67. The minimum atomic E-state index is -0.172. The van der Waals surface area contributed by atoms with Crippen molar-refractivity contribution in [2.24, 2.45) is 17.3 Å². The van der Waals surface area contributed by atoms with E-state index in [9.17, 15) is 9.59 Å². The van der Waals surface area contributed by atoms with Crippen LogP contribution in [0, 0.1) is 17.3 Å². The van der Waals surface area contributed by atoms with E-state index in [4.69, 9.17) is 0 Å². The molecule has 0 amide bonds. The van der Waals surface area contributed by atoms with E-state index in [0.717, 1.165) is 44.9 Å². The molecule has 0 aromatic rings. The quantitative estimate of drug-likeness (QED) is 0.123. The number of carbonyl (C=O) groups excluding carboxylic acids is 2. The monoisotopic (exact) mass is 404 g/mol. The summed E-state index contributed by atoms with van der Waals surface area (Å²) in [7, 11) is 0. The molecule has 0 bridgehead atoms. The summed E-state index contributed by atoms with van der Waals surface area (Å²) < 4.78 is 0. The number of ketones is 1.